The van der Waals surface area contributed by atoms with Crippen LogP contribution >= 0.6 is 43.2 Å². The molecule has 0 saturated heterocycles. The molecule has 17 heavy (non-hydrogen) atoms. The van der Waals surface area contributed by atoms with Gasteiger partial charge in [0.1, 0.15) is 0 Å². The van der Waals surface area contributed by atoms with Crippen molar-refractivity contribution >= 4 is 43.2 Å². The van der Waals surface area contributed by atoms with E-state index in [9.17, 15) is 0 Å². The maximum atomic E-state index is 4.44. The summed E-state index contributed by atoms with van der Waals surface area (Å²) in [5, 5.41) is 5.42. The van der Waals surface area contributed by atoms with Gasteiger partial charge in [0.05, 0.1) is 11.7 Å². The molecule has 2 aromatic heterocycles. The summed E-state index contributed by atoms with van der Waals surface area (Å²) in [5.74, 6) is 0. The largest absolute Gasteiger partial charge is 0.311 e. The van der Waals surface area contributed by atoms with E-state index in [2.05, 4.69) is 53.6 Å². The van der Waals surface area contributed by atoms with Crippen molar-refractivity contribution in [2.24, 2.45) is 0 Å². The van der Waals surface area contributed by atoms with Gasteiger partial charge in [-0.3, -0.25) is 4.98 Å². The molecule has 90 valence electrons. The summed E-state index contributed by atoms with van der Waals surface area (Å²) >= 11 is 8.79. The van der Waals surface area contributed by atoms with Crippen molar-refractivity contribution in [3.63, 3.8) is 0 Å². The second-order valence-corrected chi connectivity index (χ2v) is 6.41. The van der Waals surface area contributed by atoms with Gasteiger partial charge in [0.25, 0.3) is 0 Å². The van der Waals surface area contributed by atoms with E-state index in [1.54, 1.807) is 11.3 Å². The van der Waals surface area contributed by atoms with Crippen LogP contribution in [0.15, 0.2) is 38.7 Å². The fourth-order valence-electron chi connectivity index (χ4n) is 1.65. The molecule has 0 aromatic carbocycles. The molecule has 2 rings (SSSR count). The van der Waals surface area contributed by atoms with Gasteiger partial charge in [-0.05, 0) is 57.1 Å². The van der Waals surface area contributed by atoms with Crippen molar-refractivity contribution < 1.29 is 0 Å². The second kappa shape index (κ2) is 6.09. The van der Waals surface area contributed by atoms with Crippen LogP contribution in [0.2, 0.25) is 0 Å². The molecular weight excluding hydrogens is 364 g/mol. The number of rotatable bonds is 4. The second-order valence-electron chi connectivity index (χ2n) is 3.65. The molecular formula is C12H12Br2N2S. The highest BCUT2D eigenvalue weighted by atomic mass is 79.9. The number of nitrogens with one attached hydrogen (secondary N) is 1. The minimum atomic E-state index is 0.233. The number of thiophene rings is 1. The number of hydrogen-bond donors (Lipinski definition) is 1. The molecule has 0 saturated carbocycles. The van der Waals surface area contributed by atoms with Crippen LogP contribution in [-0.4, -0.2) is 12.0 Å². The molecule has 0 amide bonds. The van der Waals surface area contributed by atoms with Gasteiger partial charge < -0.3 is 5.32 Å². The molecule has 2 heterocycles. The Bertz CT molecular complexity index is 499. The number of pyridine rings is 1. The maximum absolute atomic E-state index is 4.44. The zero-order valence-electron chi connectivity index (χ0n) is 9.28. The van der Waals surface area contributed by atoms with Crippen LogP contribution in [0.3, 0.4) is 0 Å². The highest BCUT2D eigenvalue weighted by Crippen LogP contribution is 2.27. The molecule has 5 heteroatoms. The fourth-order valence-corrected chi connectivity index (χ4v) is 3.68. The molecule has 0 aliphatic heterocycles. The van der Waals surface area contributed by atoms with E-state index in [4.69, 9.17) is 0 Å². The Morgan fingerprint density at radius 3 is 2.88 bits per heavy atom. The lowest BCUT2D eigenvalue weighted by molar-refractivity contribution is 0.577. The summed E-state index contributed by atoms with van der Waals surface area (Å²) in [6.07, 6.45) is 2.77. The highest BCUT2D eigenvalue weighted by molar-refractivity contribution is 9.10. The van der Waals surface area contributed by atoms with Gasteiger partial charge in [0.2, 0.25) is 0 Å². The number of halogens is 2. The number of hydrogen-bond acceptors (Lipinski definition) is 3. The molecule has 0 aliphatic rings. The first-order valence-electron chi connectivity index (χ1n) is 5.21. The van der Waals surface area contributed by atoms with Crippen molar-refractivity contribution in [1.82, 2.24) is 10.3 Å². The molecule has 1 atom stereocenters. The van der Waals surface area contributed by atoms with Crippen LogP contribution in [0.5, 0.6) is 0 Å². The molecule has 0 spiro atoms. The van der Waals surface area contributed by atoms with Crippen molar-refractivity contribution in [1.29, 1.82) is 0 Å². The normalized spacial score (nSPS) is 12.6. The van der Waals surface area contributed by atoms with E-state index in [1.807, 2.05) is 25.4 Å². The molecule has 1 N–H and O–H groups in total. The Kier molecular flexibility index (Phi) is 4.73. The summed E-state index contributed by atoms with van der Waals surface area (Å²) in [7, 11) is 1.97. The van der Waals surface area contributed by atoms with Gasteiger partial charge >= 0.3 is 0 Å². The van der Waals surface area contributed by atoms with Gasteiger partial charge in [-0.1, -0.05) is 0 Å². The molecule has 2 nitrogen and oxygen atoms in total. The highest BCUT2D eigenvalue weighted by Gasteiger charge is 2.15. The minimum Gasteiger partial charge on any atom is -0.311 e. The van der Waals surface area contributed by atoms with E-state index >= 15 is 0 Å². The Hall–Kier alpha value is -0.230. The van der Waals surface area contributed by atoms with Crippen LogP contribution in [0.4, 0.5) is 0 Å². The SMILES string of the molecule is CNC(Cc1cc(Br)cs1)c1ncccc1Br. The summed E-state index contributed by atoms with van der Waals surface area (Å²) < 4.78 is 2.20. The topological polar surface area (TPSA) is 24.9 Å². The molecule has 1 unspecified atom stereocenters. The zero-order valence-corrected chi connectivity index (χ0v) is 13.3. The Labute approximate surface area is 122 Å². The fraction of sp³-hybridized carbons (Fsp3) is 0.250. The maximum Gasteiger partial charge on any atom is 0.0718 e. The van der Waals surface area contributed by atoms with Gasteiger partial charge in [-0.15, -0.1) is 11.3 Å². The average molecular weight is 376 g/mol. The van der Waals surface area contributed by atoms with Gasteiger partial charge in [-0.25, -0.2) is 0 Å². The zero-order chi connectivity index (χ0) is 12.3. The van der Waals surface area contributed by atoms with Crippen molar-refractivity contribution in [2.75, 3.05) is 7.05 Å². The standard InChI is InChI=1S/C12H12Br2N2S/c1-15-11(6-9-5-8(13)7-17-9)12-10(14)3-2-4-16-12/h2-5,7,11,15H,6H2,1H3. The van der Waals surface area contributed by atoms with Crippen LogP contribution in [0.25, 0.3) is 0 Å². The minimum absolute atomic E-state index is 0.233. The van der Waals surface area contributed by atoms with Crippen LogP contribution < -0.4 is 5.32 Å². The third kappa shape index (κ3) is 3.37. The Morgan fingerprint density at radius 2 is 2.29 bits per heavy atom. The molecule has 0 bridgehead atoms. The van der Waals surface area contributed by atoms with Gasteiger partial charge in [0, 0.05) is 31.8 Å². The van der Waals surface area contributed by atoms with E-state index in [0.29, 0.717) is 0 Å². The number of nitrogens with zero attached hydrogens (tertiary/aromatic N) is 1. The van der Waals surface area contributed by atoms with Crippen LogP contribution in [-0.2, 0) is 6.42 Å². The van der Waals surface area contributed by atoms with Gasteiger partial charge in [-0.2, -0.15) is 0 Å². The first-order valence-corrected chi connectivity index (χ1v) is 7.68. The summed E-state index contributed by atoms with van der Waals surface area (Å²) in [6.45, 7) is 0. The smallest absolute Gasteiger partial charge is 0.0718 e. The summed E-state index contributed by atoms with van der Waals surface area (Å²) in [5.41, 5.74) is 1.06. The number of aromatic nitrogens is 1. The van der Waals surface area contributed by atoms with Crippen molar-refractivity contribution in [2.45, 2.75) is 12.5 Å². The summed E-state index contributed by atoms with van der Waals surface area (Å²) in [6, 6.07) is 6.35. The first kappa shape index (κ1) is 13.2. The predicted molar refractivity (Wildman–Crippen MR) is 79.5 cm³/mol. The lowest BCUT2D eigenvalue weighted by Crippen LogP contribution is -2.20. The van der Waals surface area contributed by atoms with Crippen LogP contribution in [0.1, 0.15) is 16.6 Å². The number of likely N-dealkylation sites (N-methyl/N-ethyl adjacent to an activating group) is 1. The molecule has 0 fully saturated rings. The molecule has 0 aliphatic carbocycles. The third-order valence-corrected chi connectivity index (χ3v) is 4.88. The van der Waals surface area contributed by atoms with E-state index < -0.39 is 0 Å². The third-order valence-electron chi connectivity index (χ3n) is 2.49. The predicted octanol–water partition coefficient (Wildman–Crippen LogP) is 4.17. The van der Waals surface area contributed by atoms with Crippen LogP contribution in [0, 0.1) is 0 Å². The van der Waals surface area contributed by atoms with Crippen molar-refractivity contribution in [3.8, 4) is 0 Å². The van der Waals surface area contributed by atoms with E-state index in [0.717, 1.165) is 21.1 Å². The molecule has 0 radical (unpaired) electrons. The lowest BCUT2D eigenvalue weighted by atomic mass is 10.1. The first-order chi connectivity index (χ1) is 8.20. The van der Waals surface area contributed by atoms with E-state index in [1.165, 1.54) is 4.88 Å². The lowest BCUT2D eigenvalue weighted by Gasteiger charge is -2.15. The Balaban J connectivity index is 2.20. The average Bonchev–Trinajstić information content (AvgIpc) is 2.73. The van der Waals surface area contributed by atoms with Gasteiger partial charge in [0.15, 0.2) is 0 Å². The quantitative estimate of drug-likeness (QED) is 0.867. The summed E-state index contributed by atoms with van der Waals surface area (Å²) in [4.78, 5) is 5.78. The molecule has 2 aromatic rings. The van der Waals surface area contributed by atoms with Crippen molar-refractivity contribution in [3.05, 3.63) is 49.3 Å². The monoisotopic (exact) mass is 374 g/mol. The Morgan fingerprint density at radius 1 is 1.47 bits per heavy atom. The van der Waals surface area contributed by atoms with E-state index in [-0.39, 0.29) is 6.04 Å².